The third-order valence-corrected chi connectivity index (χ3v) is 3.91. The van der Waals surface area contributed by atoms with Gasteiger partial charge in [-0.25, -0.2) is 4.98 Å². The SMILES string of the molecule is Cn1c(CCc2ccccc2)nc2ccc(Br)cc21. The normalized spacial score (nSPS) is 11.1. The lowest BCUT2D eigenvalue weighted by Gasteiger charge is -2.03. The quantitative estimate of drug-likeness (QED) is 0.711. The van der Waals surface area contributed by atoms with Gasteiger partial charge in [0, 0.05) is 17.9 Å². The van der Waals surface area contributed by atoms with Crippen LogP contribution in [0.25, 0.3) is 11.0 Å². The molecule has 0 amide bonds. The first kappa shape index (κ1) is 12.4. The highest BCUT2D eigenvalue weighted by molar-refractivity contribution is 9.10. The minimum atomic E-state index is 0.965. The summed E-state index contributed by atoms with van der Waals surface area (Å²) in [6.07, 6.45) is 1.99. The average Bonchev–Trinajstić information content (AvgIpc) is 2.74. The maximum atomic E-state index is 4.71. The van der Waals surface area contributed by atoms with Gasteiger partial charge in [-0.2, -0.15) is 0 Å². The molecule has 0 saturated carbocycles. The van der Waals surface area contributed by atoms with E-state index in [-0.39, 0.29) is 0 Å². The zero-order chi connectivity index (χ0) is 13.2. The van der Waals surface area contributed by atoms with Crippen molar-refractivity contribution in [2.75, 3.05) is 0 Å². The molecule has 96 valence electrons. The number of fused-ring (bicyclic) bond motifs is 1. The largest absolute Gasteiger partial charge is 0.331 e. The minimum absolute atomic E-state index is 0.965. The monoisotopic (exact) mass is 314 g/mol. The van der Waals surface area contributed by atoms with Gasteiger partial charge < -0.3 is 4.57 Å². The predicted molar refractivity (Wildman–Crippen MR) is 82.3 cm³/mol. The number of nitrogens with zero attached hydrogens (tertiary/aromatic N) is 2. The van der Waals surface area contributed by atoms with E-state index in [1.807, 2.05) is 6.07 Å². The number of benzene rings is 2. The smallest absolute Gasteiger partial charge is 0.109 e. The highest BCUT2D eigenvalue weighted by Crippen LogP contribution is 2.20. The van der Waals surface area contributed by atoms with Crippen molar-refractivity contribution in [3.05, 3.63) is 64.4 Å². The van der Waals surface area contributed by atoms with Crippen molar-refractivity contribution < 1.29 is 0 Å². The number of imidazole rings is 1. The number of hydrogen-bond donors (Lipinski definition) is 0. The van der Waals surface area contributed by atoms with Crippen LogP contribution in [0.3, 0.4) is 0 Å². The molecular weight excluding hydrogens is 300 g/mol. The van der Waals surface area contributed by atoms with E-state index in [1.165, 1.54) is 11.1 Å². The van der Waals surface area contributed by atoms with Crippen molar-refractivity contribution in [2.45, 2.75) is 12.8 Å². The van der Waals surface area contributed by atoms with Crippen molar-refractivity contribution in [3.63, 3.8) is 0 Å². The molecule has 0 unspecified atom stereocenters. The molecule has 2 nitrogen and oxygen atoms in total. The summed E-state index contributed by atoms with van der Waals surface area (Å²) in [7, 11) is 2.09. The molecule has 0 fully saturated rings. The number of aromatic nitrogens is 2. The summed E-state index contributed by atoms with van der Waals surface area (Å²) in [4.78, 5) is 4.71. The molecule has 0 atom stereocenters. The number of hydrogen-bond acceptors (Lipinski definition) is 1. The standard InChI is InChI=1S/C16H15BrN2/c1-19-15-11-13(17)8-9-14(15)18-16(19)10-7-12-5-3-2-4-6-12/h2-6,8-9,11H,7,10H2,1H3. The van der Waals surface area contributed by atoms with Gasteiger partial charge in [-0.1, -0.05) is 46.3 Å². The van der Waals surface area contributed by atoms with Crippen LogP contribution < -0.4 is 0 Å². The Kier molecular flexibility index (Phi) is 3.38. The summed E-state index contributed by atoms with van der Waals surface area (Å²) in [6, 6.07) is 16.8. The van der Waals surface area contributed by atoms with Gasteiger partial charge >= 0.3 is 0 Å². The van der Waals surface area contributed by atoms with Crippen LogP contribution in [0, 0.1) is 0 Å². The summed E-state index contributed by atoms with van der Waals surface area (Å²) >= 11 is 3.51. The lowest BCUT2D eigenvalue weighted by Crippen LogP contribution is -2.00. The first-order valence-corrected chi connectivity index (χ1v) is 7.18. The molecule has 0 aliphatic rings. The van der Waals surface area contributed by atoms with Crippen molar-refractivity contribution in [1.82, 2.24) is 9.55 Å². The molecule has 3 rings (SSSR count). The van der Waals surface area contributed by atoms with Crippen LogP contribution in [0.1, 0.15) is 11.4 Å². The van der Waals surface area contributed by atoms with E-state index >= 15 is 0 Å². The van der Waals surface area contributed by atoms with Crippen LogP contribution >= 0.6 is 15.9 Å². The first-order chi connectivity index (χ1) is 9.24. The van der Waals surface area contributed by atoms with E-state index in [0.29, 0.717) is 0 Å². The van der Waals surface area contributed by atoms with Crippen molar-refractivity contribution >= 4 is 27.0 Å². The van der Waals surface area contributed by atoms with E-state index < -0.39 is 0 Å². The van der Waals surface area contributed by atoms with Gasteiger partial charge in [-0.05, 0) is 30.2 Å². The summed E-state index contributed by atoms with van der Waals surface area (Å²) in [5.74, 6) is 1.14. The average molecular weight is 315 g/mol. The summed E-state index contributed by atoms with van der Waals surface area (Å²) in [5, 5.41) is 0. The summed E-state index contributed by atoms with van der Waals surface area (Å²) < 4.78 is 3.28. The highest BCUT2D eigenvalue weighted by Gasteiger charge is 2.07. The number of halogens is 1. The number of rotatable bonds is 3. The second-order valence-electron chi connectivity index (χ2n) is 4.71. The molecule has 0 aliphatic heterocycles. The lowest BCUT2D eigenvalue weighted by molar-refractivity contribution is 0.787. The molecule has 1 aromatic heterocycles. The Morgan fingerprint density at radius 2 is 1.84 bits per heavy atom. The Labute approximate surface area is 121 Å². The van der Waals surface area contributed by atoms with Gasteiger partial charge in [-0.3, -0.25) is 0 Å². The predicted octanol–water partition coefficient (Wildman–Crippen LogP) is 4.12. The van der Waals surface area contributed by atoms with Gasteiger partial charge in [0.15, 0.2) is 0 Å². The molecule has 3 heteroatoms. The van der Waals surface area contributed by atoms with Crippen LogP contribution in [0.4, 0.5) is 0 Å². The third kappa shape index (κ3) is 2.56. The van der Waals surface area contributed by atoms with E-state index in [2.05, 4.69) is 70.0 Å². The maximum Gasteiger partial charge on any atom is 0.109 e. The van der Waals surface area contributed by atoms with Crippen LogP contribution in [0.15, 0.2) is 53.0 Å². The third-order valence-electron chi connectivity index (χ3n) is 3.42. The minimum Gasteiger partial charge on any atom is -0.331 e. The topological polar surface area (TPSA) is 17.8 Å². The number of aryl methyl sites for hydroxylation is 3. The van der Waals surface area contributed by atoms with Gasteiger partial charge in [0.05, 0.1) is 11.0 Å². The van der Waals surface area contributed by atoms with E-state index in [9.17, 15) is 0 Å². The Morgan fingerprint density at radius 3 is 2.63 bits per heavy atom. The van der Waals surface area contributed by atoms with Crippen LogP contribution in [0.5, 0.6) is 0 Å². The fourth-order valence-electron chi connectivity index (χ4n) is 2.34. The molecule has 0 bridgehead atoms. The van der Waals surface area contributed by atoms with Crippen molar-refractivity contribution in [1.29, 1.82) is 0 Å². The zero-order valence-corrected chi connectivity index (χ0v) is 12.4. The fraction of sp³-hybridized carbons (Fsp3) is 0.188. The Hall–Kier alpha value is -1.61. The van der Waals surface area contributed by atoms with Crippen molar-refractivity contribution in [2.24, 2.45) is 7.05 Å². The fourth-order valence-corrected chi connectivity index (χ4v) is 2.69. The van der Waals surface area contributed by atoms with Crippen LogP contribution in [-0.4, -0.2) is 9.55 Å². The lowest BCUT2D eigenvalue weighted by atomic mass is 10.1. The molecule has 3 aromatic rings. The first-order valence-electron chi connectivity index (χ1n) is 6.39. The van der Waals surface area contributed by atoms with Gasteiger partial charge in [0.2, 0.25) is 0 Å². The molecule has 0 saturated heterocycles. The van der Waals surface area contributed by atoms with E-state index in [0.717, 1.165) is 28.7 Å². The van der Waals surface area contributed by atoms with Gasteiger partial charge in [0.25, 0.3) is 0 Å². The molecule has 0 aliphatic carbocycles. The molecule has 2 aromatic carbocycles. The van der Waals surface area contributed by atoms with E-state index in [1.54, 1.807) is 0 Å². The molecule has 0 radical (unpaired) electrons. The second-order valence-corrected chi connectivity index (χ2v) is 5.62. The molecule has 0 spiro atoms. The molecule has 0 N–H and O–H groups in total. The zero-order valence-electron chi connectivity index (χ0n) is 10.8. The summed E-state index contributed by atoms with van der Waals surface area (Å²) in [6.45, 7) is 0. The molecule has 1 heterocycles. The Morgan fingerprint density at radius 1 is 1.05 bits per heavy atom. The highest BCUT2D eigenvalue weighted by atomic mass is 79.9. The van der Waals surface area contributed by atoms with Crippen LogP contribution in [0.2, 0.25) is 0 Å². The van der Waals surface area contributed by atoms with Gasteiger partial charge in [0.1, 0.15) is 5.82 Å². The summed E-state index contributed by atoms with van der Waals surface area (Å²) in [5.41, 5.74) is 3.60. The molecule has 19 heavy (non-hydrogen) atoms. The Balaban J connectivity index is 1.87. The van der Waals surface area contributed by atoms with Crippen LogP contribution in [-0.2, 0) is 19.9 Å². The Bertz CT molecular complexity index is 701. The van der Waals surface area contributed by atoms with Crippen molar-refractivity contribution in [3.8, 4) is 0 Å². The molecular formula is C16H15BrN2. The van der Waals surface area contributed by atoms with Gasteiger partial charge in [-0.15, -0.1) is 0 Å². The maximum absolute atomic E-state index is 4.71. The second kappa shape index (κ2) is 5.17. The van der Waals surface area contributed by atoms with E-state index in [4.69, 9.17) is 4.98 Å².